The molecule has 0 aromatic carbocycles. The lowest BCUT2D eigenvalue weighted by Crippen LogP contribution is -2.28. The van der Waals surface area contributed by atoms with Crippen molar-refractivity contribution in [1.29, 1.82) is 0 Å². The first-order chi connectivity index (χ1) is 8.70. The van der Waals surface area contributed by atoms with Crippen molar-refractivity contribution in [2.24, 2.45) is 18.7 Å². The summed E-state index contributed by atoms with van der Waals surface area (Å²) >= 11 is 0. The molecule has 0 spiro atoms. The third-order valence-corrected chi connectivity index (χ3v) is 3.89. The van der Waals surface area contributed by atoms with Gasteiger partial charge in [-0.05, 0) is 31.9 Å². The molecule has 0 saturated carbocycles. The minimum absolute atomic E-state index is 0.485. The molecular weight excluding hydrogens is 226 g/mol. The molecule has 2 aromatic rings. The van der Waals surface area contributed by atoms with Gasteiger partial charge in [-0.25, -0.2) is 9.97 Å². The number of nitrogens with zero attached hydrogens (tertiary/aromatic N) is 4. The van der Waals surface area contributed by atoms with Crippen LogP contribution in [-0.2, 0) is 7.05 Å². The summed E-state index contributed by atoms with van der Waals surface area (Å²) in [4.78, 5) is 11.3. The van der Waals surface area contributed by atoms with Crippen molar-refractivity contribution in [2.75, 3.05) is 18.0 Å². The smallest absolute Gasteiger partial charge is 0.156 e. The Kier molecular flexibility index (Phi) is 2.70. The Morgan fingerprint density at radius 1 is 1.44 bits per heavy atom. The predicted molar refractivity (Wildman–Crippen MR) is 72.5 cm³/mol. The van der Waals surface area contributed by atoms with Gasteiger partial charge in [-0.2, -0.15) is 0 Å². The lowest BCUT2D eigenvalue weighted by Gasteiger charge is -2.22. The molecule has 1 fully saturated rings. The maximum Gasteiger partial charge on any atom is 0.156 e. The van der Waals surface area contributed by atoms with Crippen molar-refractivity contribution < 1.29 is 0 Å². The van der Waals surface area contributed by atoms with Crippen molar-refractivity contribution in [3.8, 4) is 0 Å². The van der Waals surface area contributed by atoms with Crippen LogP contribution in [0.2, 0.25) is 0 Å². The lowest BCUT2D eigenvalue weighted by atomic mass is 10.1. The second kappa shape index (κ2) is 4.24. The van der Waals surface area contributed by atoms with Gasteiger partial charge in [-0.3, -0.25) is 0 Å². The Morgan fingerprint density at radius 3 is 3.00 bits per heavy atom. The van der Waals surface area contributed by atoms with Gasteiger partial charge in [0.25, 0.3) is 0 Å². The van der Waals surface area contributed by atoms with Gasteiger partial charge in [-0.15, -0.1) is 0 Å². The number of imidazole rings is 1. The van der Waals surface area contributed by atoms with Crippen molar-refractivity contribution in [1.82, 2.24) is 14.5 Å². The second-order valence-corrected chi connectivity index (χ2v) is 5.20. The number of hydrogen-bond acceptors (Lipinski definition) is 4. The Labute approximate surface area is 107 Å². The first-order valence-electron chi connectivity index (χ1n) is 6.43. The van der Waals surface area contributed by atoms with E-state index in [-0.39, 0.29) is 0 Å². The number of hydrogen-bond donors (Lipinski definition) is 1. The molecule has 1 aliphatic heterocycles. The largest absolute Gasteiger partial charge is 0.352 e. The Hall–Kier alpha value is -1.62. The van der Waals surface area contributed by atoms with Gasteiger partial charge in [0.15, 0.2) is 5.82 Å². The number of aryl methyl sites for hydroxylation is 1. The number of anilines is 1. The molecule has 0 bridgehead atoms. The predicted octanol–water partition coefficient (Wildman–Crippen LogP) is 1.14. The van der Waals surface area contributed by atoms with Crippen LogP contribution in [0.3, 0.4) is 0 Å². The van der Waals surface area contributed by atoms with Crippen LogP contribution in [0.1, 0.15) is 13.3 Å². The normalized spacial score (nSPS) is 24.1. The van der Waals surface area contributed by atoms with E-state index in [0.29, 0.717) is 12.0 Å². The molecule has 18 heavy (non-hydrogen) atoms. The zero-order valence-electron chi connectivity index (χ0n) is 10.9. The van der Waals surface area contributed by atoms with Gasteiger partial charge in [0.1, 0.15) is 5.52 Å². The summed E-state index contributed by atoms with van der Waals surface area (Å²) in [7, 11) is 2.01. The molecule has 2 unspecified atom stereocenters. The van der Waals surface area contributed by atoms with Crippen LogP contribution in [0.15, 0.2) is 18.6 Å². The Balaban J connectivity index is 2.04. The fourth-order valence-electron chi connectivity index (χ4n) is 2.87. The zero-order valence-corrected chi connectivity index (χ0v) is 10.9. The highest BCUT2D eigenvalue weighted by Crippen LogP contribution is 2.31. The van der Waals surface area contributed by atoms with Gasteiger partial charge in [0.2, 0.25) is 0 Å². The van der Waals surface area contributed by atoms with E-state index in [2.05, 4.69) is 21.8 Å². The van der Waals surface area contributed by atoms with E-state index in [0.717, 1.165) is 36.4 Å². The van der Waals surface area contributed by atoms with Crippen molar-refractivity contribution in [3.63, 3.8) is 0 Å². The van der Waals surface area contributed by atoms with Crippen LogP contribution in [-0.4, -0.2) is 33.7 Å². The van der Waals surface area contributed by atoms with Crippen molar-refractivity contribution in [2.45, 2.75) is 19.4 Å². The van der Waals surface area contributed by atoms with Crippen LogP contribution in [0.5, 0.6) is 0 Å². The minimum atomic E-state index is 0.485. The van der Waals surface area contributed by atoms with Crippen LogP contribution < -0.4 is 10.6 Å². The molecule has 0 aliphatic carbocycles. The van der Waals surface area contributed by atoms with Gasteiger partial charge >= 0.3 is 0 Å². The summed E-state index contributed by atoms with van der Waals surface area (Å²) < 4.78 is 2.03. The van der Waals surface area contributed by atoms with Crippen molar-refractivity contribution >= 4 is 16.9 Å². The van der Waals surface area contributed by atoms with Gasteiger partial charge in [0, 0.05) is 25.8 Å². The quantitative estimate of drug-likeness (QED) is 0.862. The summed E-state index contributed by atoms with van der Waals surface area (Å²) in [5.41, 5.74) is 7.90. The molecule has 5 nitrogen and oxygen atoms in total. The van der Waals surface area contributed by atoms with E-state index in [9.17, 15) is 0 Å². The second-order valence-electron chi connectivity index (χ2n) is 5.20. The van der Waals surface area contributed by atoms with Crippen LogP contribution >= 0.6 is 0 Å². The van der Waals surface area contributed by atoms with E-state index in [1.807, 2.05) is 30.2 Å². The molecule has 2 atom stereocenters. The highest BCUT2D eigenvalue weighted by atomic mass is 15.2. The highest BCUT2D eigenvalue weighted by molar-refractivity contribution is 5.86. The minimum Gasteiger partial charge on any atom is -0.352 e. The Morgan fingerprint density at radius 2 is 2.28 bits per heavy atom. The highest BCUT2D eigenvalue weighted by Gasteiger charge is 2.30. The number of rotatable bonds is 2. The fraction of sp³-hybridized carbons (Fsp3) is 0.538. The number of aromatic nitrogens is 3. The topological polar surface area (TPSA) is 60.0 Å². The standard InChI is InChI=1S/C13H19N5/c1-9-5-10(6-14)7-18(9)13-12-11(3-4-15-13)17(2)8-16-12/h3-4,8-10H,5-7,14H2,1-2H3. The first kappa shape index (κ1) is 11.5. The molecule has 96 valence electrons. The summed E-state index contributed by atoms with van der Waals surface area (Å²) in [5.74, 6) is 1.57. The summed E-state index contributed by atoms with van der Waals surface area (Å²) in [6.45, 7) is 3.97. The molecule has 5 heteroatoms. The summed E-state index contributed by atoms with van der Waals surface area (Å²) in [6, 6.07) is 2.49. The average molecular weight is 245 g/mol. The molecule has 3 heterocycles. The van der Waals surface area contributed by atoms with Crippen LogP contribution in [0.4, 0.5) is 5.82 Å². The van der Waals surface area contributed by atoms with Crippen molar-refractivity contribution in [3.05, 3.63) is 18.6 Å². The average Bonchev–Trinajstić information content (AvgIpc) is 2.93. The third kappa shape index (κ3) is 1.66. The molecule has 1 aliphatic rings. The molecule has 3 rings (SSSR count). The fourth-order valence-corrected chi connectivity index (χ4v) is 2.87. The van der Waals surface area contributed by atoms with E-state index in [4.69, 9.17) is 5.73 Å². The maximum absolute atomic E-state index is 5.79. The SMILES string of the molecule is CC1CC(CN)CN1c1nccc2c1ncn2C. The lowest BCUT2D eigenvalue weighted by molar-refractivity contribution is 0.579. The molecule has 0 amide bonds. The van der Waals surface area contributed by atoms with Gasteiger partial charge in [0.05, 0.1) is 11.8 Å². The summed E-state index contributed by atoms with van der Waals surface area (Å²) in [6.07, 6.45) is 4.85. The van der Waals surface area contributed by atoms with Crippen LogP contribution in [0.25, 0.3) is 11.0 Å². The Bertz CT molecular complexity index is 562. The maximum atomic E-state index is 5.79. The molecule has 1 saturated heterocycles. The van der Waals surface area contributed by atoms with Gasteiger partial charge < -0.3 is 15.2 Å². The molecule has 2 aromatic heterocycles. The third-order valence-electron chi connectivity index (χ3n) is 3.89. The van der Waals surface area contributed by atoms with Crippen LogP contribution in [0, 0.1) is 5.92 Å². The zero-order chi connectivity index (χ0) is 12.7. The molecule has 0 radical (unpaired) electrons. The molecule has 2 N–H and O–H groups in total. The van der Waals surface area contributed by atoms with Gasteiger partial charge in [-0.1, -0.05) is 0 Å². The first-order valence-corrected chi connectivity index (χ1v) is 6.43. The van der Waals surface area contributed by atoms with E-state index < -0.39 is 0 Å². The number of pyridine rings is 1. The number of fused-ring (bicyclic) bond motifs is 1. The monoisotopic (exact) mass is 245 g/mol. The number of nitrogens with two attached hydrogens (primary N) is 1. The summed E-state index contributed by atoms with van der Waals surface area (Å²) in [5, 5.41) is 0. The van der Waals surface area contributed by atoms with E-state index in [1.165, 1.54) is 0 Å². The van der Waals surface area contributed by atoms with E-state index >= 15 is 0 Å². The van der Waals surface area contributed by atoms with E-state index in [1.54, 1.807) is 0 Å². The molecular formula is C13H19N5.